The number of methoxy groups -OCH3 is 1. The van der Waals surface area contributed by atoms with Crippen molar-refractivity contribution < 1.29 is 19.1 Å². The summed E-state index contributed by atoms with van der Waals surface area (Å²) in [6.45, 7) is -0.248. The second-order valence-electron chi connectivity index (χ2n) is 8.99. The molecule has 0 aliphatic rings. The fraction of sp³-hybridized carbons (Fsp3) is 0.103. The Morgan fingerprint density at radius 2 is 1.95 bits per heavy atom. The van der Waals surface area contributed by atoms with Crippen molar-refractivity contribution in [1.29, 1.82) is 0 Å². The third-order valence-electron chi connectivity index (χ3n) is 6.45. The Bertz CT molecular complexity index is 1820. The van der Waals surface area contributed by atoms with E-state index in [1.54, 1.807) is 25.4 Å². The molecule has 6 N–H and O–H groups in total. The molecule has 40 heavy (non-hydrogen) atoms. The number of carbonyl (C=O) groups is 3. The molecule has 0 saturated carbocycles. The van der Waals surface area contributed by atoms with Gasteiger partial charge in [0.05, 0.1) is 19.3 Å². The van der Waals surface area contributed by atoms with E-state index in [1.165, 1.54) is 17.4 Å². The minimum Gasteiger partial charge on any atom is -0.495 e. The number of hydrogen-bond acceptors (Lipinski definition) is 7. The maximum absolute atomic E-state index is 13.2. The van der Waals surface area contributed by atoms with Gasteiger partial charge in [-0.15, -0.1) is 11.3 Å². The van der Waals surface area contributed by atoms with Crippen LogP contribution in [-0.4, -0.2) is 40.9 Å². The van der Waals surface area contributed by atoms with Crippen molar-refractivity contribution in [3.8, 4) is 16.9 Å². The summed E-state index contributed by atoms with van der Waals surface area (Å²) in [7, 11) is 3.40. The van der Waals surface area contributed by atoms with Crippen molar-refractivity contribution in [2.45, 2.75) is 0 Å². The van der Waals surface area contributed by atoms with Crippen molar-refractivity contribution in [3.05, 3.63) is 77.4 Å². The molecule has 0 unspecified atom stereocenters. The Labute approximate surface area is 233 Å². The van der Waals surface area contributed by atoms with Crippen LogP contribution in [0.15, 0.2) is 66.2 Å². The summed E-state index contributed by atoms with van der Waals surface area (Å²) in [5.41, 5.74) is 15.7. The molecule has 11 heteroatoms. The van der Waals surface area contributed by atoms with Crippen LogP contribution in [0.1, 0.15) is 16.1 Å². The van der Waals surface area contributed by atoms with Crippen LogP contribution in [0.2, 0.25) is 0 Å². The zero-order valence-corrected chi connectivity index (χ0v) is 22.5. The second kappa shape index (κ2) is 10.9. The molecule has 0 aliphatic heterocycles. The number of hydrogen-bond donors (Lipinski definition) is 4. The maximum atomic E-state index is 13.2. The van der Waals surface area contributed by atoms with Crippen LogP contribution < -0.4 is 26.8 Å². The van der Waals surface area contributed by atoms with Gasteiger partial charge in [-0.1, -0.05) is 24.3 Å². The summed E-state index contributed by atoms with van der Waals surface area (Å²) in [6, 6.07) is 15.1. The largest absolute Gasteiger partial charge is 0.495 e. The zero-order chi connectivity index (χ0) is 28.4. The molecule has 0 aliphatic carbocycles. The van der Waals surface area contributed by atoms with E-state index in [0.29, 0.717) is 28.5 Å². The lowest BCUT2D eigenvalue weighted by Crippen LogP contribution is -2.32. The third-order valence-corrected chi connectivity index (χ3v) is 7.48. The first-order chi connectivity index (χ1) is 19.3. The Hall–Kier alpha value is -5.16. The highest BCUT2D eigenvalue weighted by molar-refractivity contribution is 7.18. The first-order valence-electron chi connectivity index (χ1n) is 12.2. The Morgan fingerprint density at radius 1 is 1.15 bits per heavy atom. The Morgan fingerprint density at radius 3 is 2.70 bits per heavy atom. The highest BCUT2D eigenvalue weighted by atomic mass is 32.1. The van der Waals surface area contributed by atoms with Gasteiger partial charge in [0.2, 0.25) is 11.8 Å². The molecule has 0 atom stereocenters. The third kappa shape index (κ3) is 5.09. The fourth-order valence-electron chi connectivity index (χ4n) is 4.47. The van der Waals surface area contributed by atoms with Crippen LogP contribution in [0.5, 0.6) is 5.75 Å². The number of nitrogens with two attached hydrogens (primary N) is 2. The smallest absolute Gasteiger partial charge is 0.272 e. The Kier molecular flexibility index (Phi) is 7.21. The molecule has 0 bridgehead atoms. The van der Waals surface area contributed by atoms with Crippen LogP contribution in [0.25, 0.3) is 38.2 Å². The van der Waals surface area contributed by atoms with E-state index in [4.69, 9.17) is 16.2 Å². The predicted molar refractivity (Wildman–Crippen MR) is 158 cm³/mol. The number of nitrogens with zero attached hydrogens (tertiary/aromatic N) is 2. The summed E-state index contributed by atoms with van der Waals surface area (Å²) in [6.07, 6.45) is 4.50. The predicted octanol–water partition coefficient (Wildman–Crippen LogP) is 3.91. The van der Waals surface area contributed by atoms with E-state index in [0.717, 1.165) is 32.1 Å². The van der Waals surface area contributed by atoms with Crippen molar-refractivity contribution in [1.82, 2.24) is 14.9 Å². The molecule has 3 amide bonds. The zero-order valence-electron chi connectivity index (χ0n) is 21.7. The van der Waals surface area contributed by atoms with Crippen LogP contribution in [0, 0.1) is 0 Å². The van der Waals surface area contributed by atoms with Crippen molar-refractivity contribution in [2.24, 2.45) is 12.8 Å². The average Bonchev–Trinajstić information content (AvgIpc) is 3.54. The number of aryl methyl sites for hydroxylation is 1. The van der Waals surface area contributed by atoms with Crippen LogP contribution in [0.3, 0.4) is 0 Å². The summed E-state index contributed by atoms with van der Waals surface area (Å²) in [4.78, 5) is 40.4. The van der Waals surface area contributed by atoms with E-state index < -0.39 is 11.8 Å². The van der Waals surface area contributed by atoms with E-state index in [-0.39, 0.29) is 12.5 Å². The molecule has 202 valence electrons. The summed E-state index contributed by atoms with van der Waals surface area (Å²) in [5, 5.41) is 9.04. The number of primary amides is 1. The van der Waals surface area contributed by atoms with Gasteiger partial charge in [-0.3, -0.25) is 14.4 Å². The molecule has 0 radical (unpaired) electrons. The number of nitrogen functional groups attached to an aromatic ring is 1. The van der Waals surface area contributed by atoms with Gasteiger partial charge < -0.3 is 31.4 Å². The number of nitrogens with one attached hydrogen (secondary N) is 2. The summed E-state index contributed by atoms with van der Waals surface area (Å²) >= 11 is 1.46. The molecule has 0 spiro atoms. The number of fused-ring (bicyclic) bond motifs is 2. The second-order valence-corrected chi connectivity index (χ2v) is 9.87. The molecular formula is C29H26N6O4S. The molecular weight excluding hydrogens is 528 g/mol. The fourth-order valence-corrected chi connectivity index (χ4v) is 5.55. The summed E-state index contributed by atoms with van der Waals surface area (Å²) in [5.74, 6) is -0.510. The van der Waals surface area contributed by atoms with E-state index in [9.17, 15) is 14.4 Å². The number of pyridine rings is 1. The average molecular weight is 555 g/mol. The minimum atomic E-state index is -0.629. The maximum Gasteiger partial charge on any atom is 0.272 e. The van der Waals surface area contributed by atoms with Crippen molar-refractivity contribution in [3.63, 3.8) is 0 Å². The van der Waals surface area contributed by atoms with Gasteiger partial charge in [0.25, 0.3) is 5.91 Å². The number of carbonyl (C=O) groups excluding carboxylic acids is 3. The topological polar surface area (TPSA) is 154 Å². The lowest BCUT2D eigenvalue weighted by Gasteiger charge is -2.13. The molecule has 0 saturated heterocycles. The minimum absolute atomic E-state index is 0.248. The van der Waals surface area contributed by atoms with Crippen molar-refractivity contribution in [2.75, 3.05) is 24.7 Å². The molecule has 3 aromatic heterocycles. The highest BCUT2D eigenvalue weighted by Crippen LogP contribution is 2.41. The van der Waals surface area contributed by atoms with Gasteiger partial charge in [-0.2, -0.15) is 0 Å². The highest BCUT2D eigenvalue weighted by Gasteiger charge is 2.18. The van der Waals surface area contributed by atoms with Crippen LogP contribution in [-0.2, 0) is 16.6 Å². The monoisotopic (exact) mass is 554 g/mol. The Balaban J connectivity index is 1.44. The number of ether oxygens (including phenoxy) is 1. The number of para-hydroxylation sites is 1. The van der Waals surface area contributed by atoms with Gasteiger partial charge in [-0.05, 0) is 41.3 Å². The van der Waals surface area contributed by atoms with Crippen molar-refractivity contribution >= 4 is 67.6 Å². The number of benzene rings is 2. The lowest BCUT2D eigenvalue weighted by molar-refractivity contribution is -0.122. The first-order valence-corrected chi connectivity index (χ1v) is 13.1. The van der Waals surface area contributed by atoms with Gasteiger partial charge in [0.15, 0.2) is 0 Å². The van der Waals surface area contributed by atoms with Gasteiger partial charge in [0, 0.05) is 51.4 Å². The van der Waals surface area contributed by atoms with E-state index in [2.05, 4.69) is 15.6 Å². The van der Waals surface area contributed by atoms with E-state index >= 15 is 0 Å². The number of aromatic nitrogens is 2. The molecule has 5 aromatic rings. The molecule has 3 heterocycles. The number of thiophene rings is 1. The van der Waals surface area contributed by atoms with E-state index in [1.807, 2.05) is 59.5 Å². The molecule has 0 fully saturated rings. The van der Waals surface area contributed by atoms with Gasteiger partial charge in [0.1, 0.15) is 17.3 Å². The van der Waals surface area contributed by atoms with Crippen LogP contribution >= 0.6 is 11.3 Å². The molecule has 2 aromatic carbocycles. The standard InChI is InChI=1S/C29H26N6O4S/c1-35-21-6-4-3-5-17(21)11-22(35)29(38)34-20-9-7-16(12-23(20)39-2)19-15-40-27-18(13-33-28(31)26(19)27)8-10-25(37)32-14-24(30)36/h3-13,15H,14H2,1-2H3,(H2,30,36)(H2,31,33)(H,32,37)(H,34,38). The normalized spacial score (nSPS) is 11.2. The molecule has 10 nitrogen and oxygen atoms in total. The quantitative estimate of drug-likeness (QED) is 0.213. The SMILES string of the molecule is COc1cc(-c2csc3c(C=CC(=O)NCC(N)=O)cnc(N)c23)ccc1NC(=O)c1cc2ccccc2n1C. The lowest BCUT2D eigenvalue weighted by atomic mass is 10.0. The molecule has 5 rings (SSSR count). The number of amides is 3. The van der Waals surface area contributed by atoms with Gasteiger partial charge in [-0.25, -0.2) is 4.98 Å². The summed E-state index contributed by atoms with van der Waals surface area (Å²) < 4.78 is 8.32. The number of anilines is 2. The first kappa shape index (κ1) is 26.4. The van der Waals surface area contributed by atoms with Crippen LogP contribution in [0.4, 0.5) is 11.5 Å². The van der Waals surface area contributed by atoms with Gasteiger partial charge >= 0.3 is 0 Å². The number of rotatable bonds is 8.